The molecule has 0 spiro atoms. The van der Waals surface area contributed by atoms with Crippen LogP contribution < -0.4 is 4.90 Å². The Balaban J connectivity index is 1.72. The van der Waals surface area contributed by atoms with Crippen LogP contribution in [-0.4, -0.2) is 27.1 Å². The summed E-state index contributed by atoms with van der Waals surface area (Å²) in [6, 6.07) is 17.6. The Kier molecular flexibility index (Phi) is 6.29. The minimum absolute atomic E-state index is 0.297. The van der Waals surface area contributed by atoms with Crippen molar-refractivity contribution in [2.24, 2.45) is 0 Å². The molecule has 2 heterocycles. The highest BCUT2D eigenvalue weighted by molar-refractivity contribution is 7.15. The summed E-state index contributed by atoms with van der Waals surface area (Å²) in [5.41, 5.74) is 3.85. The number of ether oxygens (including phenoxy) is 1. The van der Waals surface area contributed by atoms with Crippen molar-refractivity contribution in [3.05, 3.63) is 88.9 Å². The average molecular weight is 444 g/mol. The molecule has 0 fully saturated rings. The molecule has 4 rings (SSSR count). The number of hydrogen-bond acceptors (Lipinski definition) is 7. The van der Waals surface area contributed by atoms with Gasteiger partial charge in [0, 0.05) is 28.6 Å². The van der Waals surface area contributed by atoms with Gasteiger partial charge in [-0.1, -0.05) is 12.1 Å². The average Bonchev–Trinajstić information content (AvgIpc) is 3.48. The van der Waals surface area contributed by atoms with Crippen LogP contribution in [0.25, 0.3) is 5.69 Å². The minimum Gasteiger partial charge on any atom is -0.461 e. The Hall–Kier alpha value is -3.96. The summed E-state index contributed by atoms with van der Waals surface area (Å²) < 4.78 is 7.10. The van der Waals surface area contributed by atoms with Crippen LogP contribution in [0.4, 0.5) is 10.8 Å². The van der Waals surface area contributed by atoms with Gasteiger partial charge >= 0.3 is 5.97 Å². The van der Waals surface area contributed by atoms with E-state index in [4.69, 9.17) is 10.00 Å². The summed E-state index contributed by atoms with van der Waals surface area (Å²) in [6.07, 6.45) is 5.39. The number of esters is 1. The van der Waals surface area contributed by atoms with E-state index in [0.717, 1.165) is 21.8 Å². The van der Waals surface area contributed by atoms with E-state index in [1.807, 2.05) is 52.9 Å². The van der Waals surface area contributed by atoms with Gasteiger partial charge in [0.15, 0.2) is 10.8 Å². The predicted molar refractivity (Wildman–Crippen MR) is 123 cm³/mol. The molecule has 0 amide bonds. The van der Waals surface area contributed by atoms with Crippen LogP contribution in [0.3, 0.4) is 0 Å². The largest absolute Gasteiger partial charge is 0.461 e. The fourth-order valence-electron chi connectivity index (χ4n) is 3.28. The molecule has 0 saturated heterocycles. The lowest BCUT2D eigenvalue weighted by Crippen LogP contribution is -2.17. The maximum Gasteiger partial charge on any atom is 0.358 e. The molecule has 0 N–H and O–H groups in total. The van der Waals surface area contributed by atoms with E-state index >= 15 is 0 Å². The number of rotatable bonds is 7. The van der Waals surface area contributed by atoms with Crippen molar-refractivity contribution in [3.8, 4) is 11.8 Å². The Bertz CT molecular complexity index is 1260. The highest BCUT2D eigenvalue weighted by atomic mass is 32.1. The lowest BCUT2D eigenvalue weighted by atomic mass is 10.1. The summed E-state index contributed by atoms with van der Waals surface area (Å²) >= 11 is 1.44. The maximum atomic E-state index is 12.3. The van der Waals surface area contributed by atoms with Gasteiger partial charge in [0.1, 0.15) is 0 Å². The standard InChI is InChI=1S/C24H21N5O2S/c1-3-31-23(30)22-17(2)32-24(27-22)29(20-9-7-18(14-25)8-10-20)15-19-5-4-6-21(13-19)28-12-11-26-16-28/h4-13,16H,3,15H2,1-2H3. The van der Waals surface area contributed by atoms with E-state index in [1.165, 1.54) is 11.3 Å². The Morgan fingerprint density at radius 3 is 2.75 bits per heavy atom. The molecule has 0 atom stereocenters. The third-order valence-corrected chi connectivity index (χ3v) is 5.84. The Morgan fingerprint density at radius 1 is 1.25 bits per heavy atom. The molecule has 0 saturated carbocycles. The van der Waals surface area contributed by atoms with Crippen LogP contribution in [-0.2, 0) is 11.3 Å². The van der Waals surface area contributed by atoms with Crippen LogP contribution >= 0.6 is 11.3 Å². The topological polar surface area (TPSA) is 84.0 Å². The number of carbonyl (C=O) groups excluding carboxylic acids is 1. The molecule has 2 aromatic heterocycles. The van der Waals surface area contributed by atoms with Crippen molar-refractivity contribution in [2.45, 2.75) is 20.4 Å². The van der Waals surface area contributed by atoms with Gasteiger partial charge < -0.3 is 14.2 Å². The molecule has 0 aliphatic carbocycles. The van der Waals surface area contributed by atoms with Gasteiger partial charge in [0.2, 0.25) is 0 Å². The number of imidazole rings is 1. The number of carbonyl (C=O) groups is 1. The monoisotopic (exact) mass is 443 g/mol. The van der Waals surface area contributed by atoms with Crippen molar-refractivity contribution in [1.29, 1.82) is 5.26 Å². The zero-order chi connectivity index (χ0) is 22.5. The molecule has 2 aromatic carbocycles. The van der Waals surface area contributed by atoms with E-state index in [1.54, 1.807) is 31.6 Å². The molecule has 0 radical (unpaired) electrons. The van der Waals surface area contributed by atoms with E-state index < -0.39 is 5.97 Å². The predicted octanol–water partition coefficient (Wildman–Crippen LogP) is 5.02. The fourth-order valence-corrected chi connectivity index (χ4v) is 4.20. The van der Waals surface area contributed by atoms with E-state index in [0.29, 0.717) is 29.5 Å². The van der Waals surface area contributed by atoms with Gasteiger partial charge in [-0.3, -0.25) is 0 Å². The van der Waals surface area contributed by atoms with Gasteiger partial charge in [-0.2, -0.15) is 5.26 Å². The number of aryl methyl sites for hydroxylation is 1. The number of hydrogen-bond donors (Lipinski definition) is 0. The van der Waals surface area contributed by atoms with Crippen molar-refractivity contribution in [3.63, 3.8) is 0 Å². The van der Waals surface area contributed by atoms with Gasteiger partial charge in [-0.25, -0.2) is 14.8 Å². The highest BCUT2D eigenvalue weighted by Crippen LogP contribution is 2.33. The first-order valence-corrected chi connectivity index (χ1v) is 10.9. The zero-order valence-corrected chi connectivity index (χ0v) is 18.5. The number of benzene rings is 2. The summed E-state index contributed by atoms with van der Waals surface area (Å²) in [5.74, 6) is -0.422. The van der Waals surface area contributed by atoms with Crippen LogP contribution in [0.15, 0.2) is 67.3 Å². The van der Waals surface area contributed by atoms with Gasteiger partial charge in [-0.05, 0) is 55.8 Å². The summed E-state index contributed by atoms with van der Waals surface area (Å²) in [6.45, 7) is 4.47. The van der Waals surface area contributed by atoms with Gasteiger partial charge in [0.05, 0.1) is 31.1 Å². The lowest BCUT2D eigenvalue weighted by Gasteiger charge is -2.22. The van der Waals surface area contributed by atoms with Crippen LogP contribution in [0.5, 0.6) is 0 Å². The summed E-state index contributed by atoms with van der Waals surface area (Å²) in [5, 5.41) is 9.84. The normalized spacial score (nSPS) is 10.5. The molecule has 0 unspecified atom stereocenters. The van der Waals surface area contributed by atoms with Crippen molar-refractivity contribution < 1.29 is 9.53 Å². The smallest absolute Gasteiger partial charge is 0.358 e. The maximum absolute atomic E-state index is 12.3. The molecule has 0 aliphatic rings. The fraction of sp³-hybridized carbons (Fsp3) is 0.167. The first kappa shape index (κ1) is 21.3. The van der Waals surface area contributed by atoms with Crippen molar-refractivity contribution in [1.82, 2.24) is 14.5 Å². The van der Waals surface area contributed by atoms with E-state index in [-0.39, 0.29) is 0 Å². The Labute approximate surface area is 190 Å². The van der Waals surface area contributed by atoms with Crippen LogP contribution in [0, 0.1) is 18.3 Å². The molecular weight excluding hydrogens is 422 g/mol. The molecule has 4 aromatic rings. The first-order valence-electron chi connectivity index (χ1n) is 10.1. The molecule has 7 nitrogen and oxygen atoms in total. The second-order valence-electron chi connectivity index (χ2n) is 7.01. The summed E-state index contributed by atoms with van der Waals surface area (Å²) in [4.78, 5) is 23.9. The SMILES string of the molecule is CCOC(=O)c1nc(N(Cc2cccc(-n3ccnc3)c2)c2ccc(C#N)cc2)sc1C. The highest BCUT2D eigenvalue weighted by Gasteiger charge is 2.21. The zero-order valence-electron chi connectivity index (χ0n) is 17.7. The summed E-state index contributed by atoms with van der Waals surface area (Å²) in [7, 11) is 0. The van der Waals surface area contributed by atoms with Gasteiger partial charge in [-0.15, -0.1) is 11.3 Å². The van der Waals surface area contributed by atoms with Crippen LogP contribution in [0.1, 0.15) is 33.4 Å². The van der Waals surface area contributed by atoms with E-state index in [9.17, 15) is 4.79 Å². The molecule has 0 aliphatic heterocycles. The number of aromatic nitrogens is 3. The quantitative estimate of drug-likeness (QED) is 0.373. The lowest BCUT2D eigenvalue weighted by molar-refractivity contribution is 0.0519. The Morgan fingerprint density at radius 2 is 2.06 bits per heavy atom. The van der Waals surface area contributed by atoms with Crippen molar-refractivity contribution >= 4 is 28.1 Å². The first-order chi connectivity index (χ1) is 15.6. The molecule has 8 heteroatoms. The van der Waals surface area contributed by atoms with Crippen molar-refractivity contribution in [2.75, 3.05) is 11.5 Å². The van der Waals surface area contributed by atoms with E-state index in [2.05, 4.69) is 22.1 Å². The van der Waals surface area contributed by atoms with Crippen LogP contribution in [0.2, 0.25) is 0 Å². The number of nitrogens with zero attached hydrogens (tertiary/aromatic N) is 5. The van der Waals surface area contributed by atoms with Gasteiger partial charge in [0.25, 0.3) is 0 Å². The third-order valence-electron chi connectivity index (χ3n) is 4.85. The number of nitriles is 1. The molecule has 32 heavy (non-hydrogen) atoms. The molecule has 0 bridgehead atoms. The number of anilines is 2. The second kappa shape index (κ2) is 9.45. The third kappa shape index (κ3) is 4.53. The number of thiazole rings is 1. The molecule has 160 valence electrons. The second-order valence-corrected chi connectivity index (χ2v) is 8.19. The molecular formula is C24H21N5O2S. The minimum atomic E-state index is -0.422.